The number of rotatable bonds is 1. The van der Waals surface area contributed by atoms with Gasteiger partial charge < -0.3 is 9.84 Å². The van der Waals surface area contributed by atoms with Crippen LogP contribution >= 0.6 is 0 Å². The van der Waals surface area contributed by atoms with Crippen LogP contribution < -0.4 is 0 Å². The highest BCUT2D eigenvalue weighted by Crippen LogP contribution is 2.45. The predicted molar refractivity (Wildman–Crippen MR) is 56.1 cm³/mol. The second kappa shape index (κ2) is 3.82. The van der Waals surface area contributed by atoms with Gasteiger partial charge in [0.1, 0.15) is 0 Å². The van der Waals surface area contributed by atoms with Crippen LogP contribution in [0.15, 0.2) is 0 Å². The van der Waals surface area contributed by atoms with Crippen LogP contribution in [0.4, 0.5) is 0 Å². The van der Waals surface area contributed by atoms with E-state index < -0.39 is 0 Å². The molecule has 1 aliphatic carbocycles. The maximum absolute atomic E-state index is 9.07. The van der Waals surface area contributed by atoms with Gasteiger partial charge in [0.25, 0.3) is 0 Å². The molecule has 1 aliphatic heterocycles. The first kappa shape index (κ1) is 10.4. The van der Waals surface area contributed by atoms with Crippen LogP contribution in [0, 0.1) is 11.8 Å². The molecule has 82 valence electrons. The molecule has 14 heavy (non-hydrogen) atoms. The maximum Gasteiger partial charge on any atom is 0.0814 e. The molecule has 0 aromatic rings. The highest BCUT2D eigenvalue weighted by molar-refractivity contribution is 4.94. The molecule has 0 unspecified atom stereocenters. The summed E-state index contributed by atoms with van der Waals surface area (Å²) in [6.07, 6.45) is 6.03. The molecule has 2 fully saturated rings. The molecule has 0 aromatic carbocycles. The van der Waals surface area contributed by atoms with E-state index in [1.54, 1.807) is 0 Å². The van der Waals surface area contributed by atoms with Crippen LogP contribution in [0.2, 0.25) is 0 Å². The van der Waals surface area contributed by atoms with E-state index in [0.717, 1.165) is 24.7 Å². The fourth-order valence-electron chi connectivity index (χ4n) is 3.02. The molecule has 1 N–H and O–H groups in total. The number of hydrogen-bond acceptors (Lipinski definition) is 2. The van der Waals surface area contributed by atoms with Crippen LogP contribution in [-0.4, -0.2) is 23.4 Å². The molecule has 1 saturated heterocycles. The van der Waals surface area contributed by atoms with Crippen molar-refractivity contribution >= 4 is 0 Å². The van der Waals surface area contributed by atoms with Gasteiger partial charge in [-0.25, -0.2) is 0 Å². The first-order chi connectivity index (χ1) is 6.65. The van der Waals surface area contributed by atoms with Crippen molar-refractivity contribution in [3.8, 4) is 0 Å². The molecule has 0 aromatic heterocycles. The normalized spacial score (nSPS) is 48.6. The van der Waals surface area contributed by atoms with Gasteiger partial charge in [-0.15, -0.1) is 0 Å². The summed E-state index contributed by atoms with van der Waals surface area (Å²) in [4.78, 5) is 0. The molecule has 2 heteroatoms. The fourth-order valence-corrected chi connectivity index (χ4v) is 3.02. The van der Waals surface area contributed by atoms with Gasteiger partial charge in [-0.1, -0.05) is 13.8 Å². The second-order valence-electron chi connectivity index (χ2n) is 5.34. The zero-order chi connectivity index (χ0) is 10.2. The Balaban J connectivity index is 1.98. The lowest BCUT2D eigenvalue weighted by atomic mass is 9.72. The lowest BCUT2D eigenvalue weighted by Crippen LogP contribution is -2.38. The number of hydrogen-bond donors (Lipinski definition) is 1. The summed E-state index contributed by atoms with van der Waals surface area (Å²) in [5.41, 5.74) is 0.138. The summed E-state index contributed by atoms with van der Waals surface area (Å²) < 4.78 is 6.01. The van der Waals surface area contributed by atoms with Gasteiger partial charge in [-0.3, -0.25) is 0 Å². The molecule has 4 atom stereocenters. The number of aliphatic hydroxyl groups excluding tert-OH is 1. The standard InChI is InChI=1S/C12H22O2/c1-9-3-5-12(7-10(9)2)6-4-11(8-13)14-12/h9-11,13H,3-8H2,1-2H3/t9-,10+,11+,12+/m1/s1. The van der Waals surface area contributed by atoms with Crippen molar-refractivity contribution in [1.29, 1.82) is 0 Å². The van der Waals surface area contributed by atoms with Crippen molar-refractivity contribution in [2.24, 2.45) is 11.8 Å². The van der Waals surface area contributed by atoms with Gasteiger partial charge in [0.15, 0.2) is 0 Å². The quantitative estimate of drug-likeness (QED) is 0.701. The van der Waals surface area contributed by atoms with Gasteiger partial charge in [0.2, 0.25) is 0 Å². The molecule has 0 bridgehead atoms. The highest BCUT2D eigenvalue weighted by atomic mass is 16.5. The topological polar surface area (TPSA) is 29.5 Å². The van der Waals surface area contributed by atoms with E-state index in [1.807, 2.05) is 0 Å². The smallest absolute Gasteiger partial charge is 0.0814 e. The Morgan fingerprint density at radius 3 is 2.50 bits per heavy atom. The van der Waals surface area contributed by atoms with E-state index in [4.69, 9.17) is 9.84 Å². The predicted octanol–water partition coefficient (Wildman–Crippen LogP) is 2.35. The van der Waals surface area contributed by atoms with Crippen molar-refractivity contribution in [2.45, 2.75) is 57.7 Å². The van der Waals surface area contributed by atoms with Crippen LogP contribution in [0.25, 0.3) is 0 Å². The maximum atomic E-state index is 9.07. The largest absolute Gasteiger partial charge is 0.394 e. The molecule has 0 radical (unpaired) electrons. The SMILES string of the molecule is C[C@@H]1CC[C@]2(CC[C@@H](CO)O2)C[C@@H]1C. The average molecular weight is 198 g/mol. The summed E-state index contributed by atoms with van der Waals surface area (Å²) in [6.45, 7) is 4.88. The Morgan fingerprint density at radius 1 is 1.21 bits per heavy atom. The van der Waals surface area contributed by atoms with Gasteiger partial charge in [-0.2, -0.15) is 0 Å². The second-order valence-corrected chi connectivity index (χ2v) is 5.34. The molecule has 1 saturated carbocycles. The number of aliphatic hydroxyl groups is 1. The van der Waals surface area contributed by atoms with Crippen molar-refractivity contribution < 1.29 is 9.84 Å². The molecule has 0 amide bonds. The van der Waals surface area contributed by atoms with Crippen LogP contribution in [0.3, 0.4) is 0 Å². The van der Waals surface area contributed by atoms with Crippen molar-refractivity contribution in [3.63, 3.8) is 0 Å². The van der Waals surface area contributed by atoms with Crippen molar-refractivity contribution in [2.75, 3.05) is 6.61 Å². The van der Waals surface area contributed by atoms with Crippen LogP contribution in [-0.2, 0) is 4.74 Å². The van der Waals surface area contributed by atoms with Crippen molar-refractivity contribution in [1.82, 2.24) is 0 Å². The molecule has 2 rings (SSSR count). The minimum Gasteiger partial charge on any atom is -0.394 e. The average Bonchev–Trinajstić information content (AvgIpc) is 2.56. The van der Waals surface area contributed by atoms with Crippen LogP contribution in [0.1, 0.15) is 46.0 Å². The Hall–Kier alpha value is -0.0800. The Bertz CT molecular complexity index is 204. The molecule has 1 heterocycles. The van der Waals surface area contributed by atoms with E-state index in [0.29, 0.717) is 0 Å². The monoisotopic (exact) mass is 198 g/mol. The third-order valence-corrected chi connectivity index (χ3v) is 4.26. The Kier molecular flexibility index (Phi) is 2.85. The lowest BCUT2D eigenvalue weighted by molar-refractivity contribution is -0.0949. The summed E-state index contributed by atoms with van der Waals surface area (Å²) in [7, 11) is 0. The molecule has 2 aliphatic rings. The van der Waals surface area contributed by atoms with Crippen LogP contribution in [0.5, 0.6) is 0 Å². The molecular weight excluding hydrogens is 176 g/mol. The Morgan fingerprint density at radius 2 is 1.93 bits per heavy atom. The van der Waals surface area contributed by atoms with E-state index in [-0.39, 0.29) is 18.3 Å². The lowest BCUT2D eigenvalue weighted by Gasteiger charge is -2.40. The van der Waals surface area contributed by atoms with E-state index >= 15 is 0 Å². The molecule has 1 spiro atoms. The van der Waals surface area contributed by atoms with Gasteiger partial charge in [0, 0.05) is 0 Å². The zero-order valence-electron chi connectivity index (χ0n) is 9.33. The zero-order valence-corrected chi connectivity index (χ0v) is 9.33. The van der Waals surface area contributed by atoms with Gasteiger partial charge >= 0.3 is 0 Å². The minimum atomic E-state index is 0.121. The first-order valence-corrected chi connectivity index (χ1v) is 5.94. The van der Waals surface area contributed by atoms with Crippen molar-refractivity contribution in [3.05, 3.63) is 0 Å². The summed E-state index contributed by atoms with van der Waals surface area (Å²) in [6, 6.07) is 0. The third kappa shape index (κ3) is 1.82. The first-order valence-electron chi connectivity index (χ1n) is 5.94. The van der Waals surface area contributed by atoms with Gasteiger partial charge in [0.05, 0.1) is 18.3 Å². The summed E-state index contributed by atoms with van der Waals surface area (Å²) in [5.74, 6) is 1.62. The molecule has 2 nitrogen and oxygen atoms in total. The van der Waals surface area contributed by atoms with E-state index in [2.05, 4.69) is 13.8 Å². The number of ether oxygens (including phenoxy) is 1. The summed E-state index contributed by atoms with van der Waals surface area (Å²) in [5, 5.41) is 9.07. The third-order valence-electron chi connectivity index (χ3n) is 4.26. The minimum absolute atomic E-state index is 0.121. The Labute approximate surface area is 86.6 Å². The van der Waals surface area contributed by atoms with E-state index in [9.17, 15) is 0 Å². The fraction of sp³-hybridized carbons (Fsp3) is 1.00. The van der Waals surface area contributed by atoms with Gasteiger partial charge in [-0.05, 0) is 43.9 Å². The van der Waals surface area contributed by atoms with E-state index in [1.165, 1.54) is 19.3 Å². The molecular formula is C12H22O2. The summed E-state index contributed by atoms with van der Waals surface area (Å²) >= 11 is 0. The highest BCUT2D eigenvalue weighted by Gasteiger charge is 2.44.